The SMILES string of the molecule is CCCCCCCC/C=C\CCCCCCCCCCCC(=O)OC(COC(=O)CCCCCCCCCCCCCCCCCCCCCCCCCCCCCCCCCCCCCCC)COP(=O)(O)OCCN. The average Bonchev–Trinajstić information content (AvgIpc) is 3.42. The lowest BCUT2D eigenvalue weighted by molar-refractivity contribution is -0.161. The molecule has 0 aromatic heterocycles. The predicted molar refractivity (Wildman–Crippen MR) is 331 cm³/mol. The van der Waals surface area contributed by atoms with E-state index in [1.807, 2.05) is 0 Å². The van der Waals surface area contributed by atoms with Crippen molar-refractivity contribution < 1.29 is 37.6 Å². The summed E-state index contributed by atoms with van der Waals surface area (Å²) in [5.74, 6) is -0.808. The summed E-state index contributed by atoms with van der Waals surface area (Å²) in [5, 5.41) is 0. The van der Waals surface area contributed by atoms with Gasteiger partial charge in [-0.2, -0.15) is 0 Å². The molecule has 0 aromatic carbocycles. The van der Waals surface area contributed by atoms with Gasteiger partial charge in [-0.05, 0) is 38.5 Å². The molecular formula is C67H132NO8P. The molecule has 0 spiro atoms. The van der Waals surface area contributed by atoms with Gasteiger partial charge in [0.05, 0.1) is 13.2 Å². The van der Waals surface area contributed by atoms with E-state index in [-0.39, 0.29) is 38.6 Å². The second kappa shape index (κ2) is 63.9. The van der Waals surface area contributed by atoms with Crippen molar-refractivity contribution in [2.24, 2.45) is 5.73 Å². The number of carbonyl (C=O) groups excluding carboxylic acids is 2. The van der Waals surface area contributed by atoms with Gasteiger partial charge in [0.1, 0.15) is 6.61 Å². The summed E-state index contributed by atoms with van der Waals surface area (Å²) in [6.45, 7) is 3.81. The van der Waals surface area contributed by atoms with Crippen LogP contribution in [0.2, 0.25) is 0 Å². The first-order chi connectivity index (χ1) is 37.8. The Bertz CT molecular complexity index is 1270. The third-order valence-corrected chi connectivity index (χ3v) is 16.6. The summed E-state index contributed by atoms with van der Waals surface area (Å²) in [4.78, 5) is 35.3. The largest absolute Gasteiger partial charge is 0.472 e. The van der Waals surface area contributed by atoms with E-state index in [0.717, 1.165) is 38.5 Å². The van der Waals surface area contributed by atoms with E-state index >= 15 is 0 Å². The number of carbonyl (C=O) groups is 2. The number of esters is 2. The van der Waals surface area contributed by atoms with Crippen molar-refractivity contribution in [3.8, 4) is 0 Å². The van der Waals surface area contributed by atoms with E-state index in [9.17, 15) is 19.0 Å². The number of unbranched alkanes of at least 4 members (excludes halogenated alkanes) is 51. The fourth-order valence-electron chi connectivity index (χ4n) is 10.6. The summed E-state index contributed by atoms with van der Waals surface area (Å²) in [5.41, 5.74) is 5.39. The lowest BCUT2D eigenvalue weighted by Crippen LogP contribution is -2.29. The molecule has 0 rings (SSSR count). The Morgan fingerprint density at radius 2 is 0.636 bits per heavy atom. The van der Waals surface area contributed by atoms with Crippen LogP contribution in [0, 0.1) is 0 Å². The topological polar surface area (TPSA) is 134 Å². The van der Waals surface area contributed by atoms with Crippen molar-refractivity contribution in [1.82, 2.24) is 0 Å². The Morgan fingerprint density at radius 3 is 0.922 bits per heavy atom. The highest BCUT2D eigenvalue weighted by molar-refractivity contribution is 7.47. The molecule has 0 fully saturated rings. The molecule has 0 saturated carbocycles. The number of rotatable bonds is 66. The van der Waals surface area contributed by atoms with E-state index in [2.05, 4.69) is 26.0 Å². The molecule has 0 radical (unpaired) electrons. The summed E-state index contributed by atoms with van der Waals surface area (Å²) >= 11 is 0. The van der Waals surface area contributed by atoms with Crippen molar-refractivity contribution in [1.29, 1.82) is 0 Å². The number of phosphoric acid groups is 1. The molecule has 0 aromatic rings. The minimum absolute atomic E-state index is 0.0565. The number of allylic oxidation sites excluding steroid dienone is 2. The Hall–Kier alpha value is -1.25. The van der Waals surface area contributed by atoms with Crippen LogP contribution in [0.15, 0.2) is 12.2 Å². The van der Waals surface area contributed by atoms with Crippen molar-refractivity contribution in [3.05, 3.63) is 12.2 Å². The molecule has 2 unspecified atom stereocenters. The molecule has 10 heteroatoms. The number of nitrogens with two attached hydrogens (primary N) is 1. The highest BCUT2D eigenvalue weighted by atomic mass is 31.2. The minimum Gasteiger partial charge on any atom is -0.462 e. The molecular weight excluding hydrogens is 978 g/mol. The molecule has 458 valence electrons. The van der Waals surface area contributed by atoms with Crippen LogP contribution in [0.5, 0.6) is 0 Å². The maximum Gasteiger partial charge on any atom is 0.472 e. The Kier molecular flexibility index (Phi) is 62.9. The quantitative estimate of drug-likeness (QED) is 0.0264. The van der Waals surface area contributed by atoms with E-state index < -0.39 is 26.5 Å². The van der Waals surface area contributed by atoms with Gasteiger partial charge in [-0.25, -0.2) is 4.57 Å². The van der Waals surface area contributed by atoms with Crippen molar-refractivity contribution >= 4 is 19.8 Å². The Morgan fingerprint density at radius 1 is 0.377 bits per heavy atom. The van der Waals surface area contributed by atoms with E-state index in [4.69, 9.17) is 24.3 Å². The van der Waals surface area contributed by atoms with Crippen LogP contribution >= 0.6 is 7.82 Å². The molecule has 3 N–H and O–H groups in total. The van der Waals surface area contributed by atoms with Crippen LogP contribution in [-0.2, 0) is 32.7 Å². The van der Waals surface area contributed by atoms with Gasteiger partial charge in [-0.3, -0.25) is 18.6 Å². The van der Waals surface area contributed by atoms with Crippen molar-refractivity contribution in [2.45, 2.75) is 380 Å². The molecule has 0 aliphatic carbocycles. The zero-order valence-electron chi connectivity index (χ0n) is 51.5. The third-order valence-electron chi connectivity index (χ3n) is 15.7. The summed E-state index contributed by atoms with van der Waals surface area (Å²) in [6, 6.07) is 0. The van der Waals surface area contributed by atoms with Crippen LogP contribution in [0.25, 0.3) is 0 Å². The normalized spacial score (nSPS) is 12.9. The summed E-state index contributed by atoms with van der Waals surface area (Å²) in [7, 11) is -4.39. The fourth-order valence-corrected chi connectivity index (χ4v) is 11.3. The fraction of sp³-hybridized carbons (Fsp3) is 0.940. The molecule has 9 nitrogen and oxygen atoms in total. The lowest BCUT2D eigenvalue weighted by atomic mass is 10.0. The van der Waals surface area contributed by atoms with Gasteiger partial charge < -0.3 is 20.1 Å². The molecule has 0 heterocycles. The molecule has 0 bridgehead atoms. The highest BCUT2D eigenvalue weighted by Gasteiger charge is 2.26. The van der Waals surface area contributed by atoms with Crippen molar-refractivity contribution in [3.63, 3.8) is 0 Å². The van der Waals surface area contributed by atoms with E-state index in [1.165, 1.54) is 302 Å². The van der Waals surface area contributed by atoms with Crippen molar-refractivity contribution in [2.75, 3.05) is 26.4 Å². The van der Waals surface area contributed by atoms with Gasteiger partial charge in [0, 0.05) is 19.4 Å². The first-order valence-corrected chi connectivity index (χ1v) is 35.7. The molecule has 0 aliphatic rings. The van der Waals surface area contributed by atoms with Crippen LogP contribution in [0.3, 0.4) is 0 Å². The first-order valence-electron chi connectivity index (χ1n) is 34.2. The van der Waals surface area contributed by atoms with Crippen LogP contribution in [0.4, 0.5) is 0 Å². The Labute approximate surface area is 479 Å². The van der Waals surface area contributed by atoms with Gasteiger partial charge in [0.25, 0.3) is 0 Å². The summed E-state index contributed by atoms with van der Waals surface area (Å²) in [6.07, 6.45) is 76.1. The second-order valence-electron chi connectivity index (χ2n) is 23.4. The van der Waals surface area contributed by atoms with Gasteiger partial charge in [0.2, 0.25) is 0 Å². The maximum atomic E-state index is 12.7. The van der Waals surface area contributed by atoms with Crippen LogP contribution in [0.1, 0.15) is 373 Å². The van der Waals surface area contributed by atoms with E-state index in [1.54, 1.807) is 0 Å². The molecule has 0 saturated heterocycles. The predicted octanol–water partition coefficient (Wildman–Crippen LogP) is 22.0. The van der Waals surface area contributed by atoms with Gasteiger partial charge in [-0.15, -0.1) is 0 Å². The molecule has 2 atom stereocenters. The van der Waals surface area contributed by atoms with Gasteiger partial charge in [-0.1, -0.05) is 334 Å². The smallest absolute Gasteiger partial charge is 0.462 e. The maximum absolute atomic E-state index is 12.7. The number of hydrogen-bond acceptors (Lipinski definition) is 8. The lowest BCUT2D eigenvalue weighted by Gasteiger charge is -2.19. The number of ether oxygens (including phenoxy) is 2. The molecule has 0 amide bonds. The standard InChI is InChI=1S/C67H132NO8P/c1-3-5-7-9-11-13-15-17-19-21-23-24-25-26-27-28-29-30-31-32-33-34-35-36-37-38-39-40-42-43-45-47-49-51-53-55-57-59-66(69)73-63-65(64-75-77(71,72)74-62-61-68)76-67(70)60-58-56-54-52-50-48-46-44-41-22-20-18-16-14-12-10-8-6-4-2/h18,20,65H,3-17,19,21-64,68H2,1-2H3,(H,71,72)/b20-18-. The molecule has 0 aliphatic heterocycles. The van der Waals surface area contributed by atoms with Gasteiger partial charge in [0.15, 0.2) is 6.10 Å². The molecule has 77 heavy (non-hydrogen) atoms. The monoisotopic (exact) mass is 1110 g/mol. The Balaban J connectivity index is 3.74. The van der Waals surface area contributed by atoms with Crippen LogP contribution < -0.4 is 5.73 Å². The third kappa shape index (κ3) is 63.8. The second-order valence-corrected chi connectivity index (χ2v) is 24.9. The zero-order valence-corrected chi connectivity index (χ0v) is 52.4. The average molecular weight is 1110 g/mol. The zero-order chi connectivity index (χ0) is 55.9. The number of hydrogen-bond donors (Lipinski definition) is 2. The van der Waals surface area contributed by atoms with Gasteiger partial charge >= 0.3 is 19.8 Å². The highest BCUT2D eigenvalue weighted by Crippen LogP contribution is 2.43. The van der Waals surface area contributed by atoms with Crippen LogP contribution in [-0.4, -0.2) is 49.3 Å². The van der Waals surface area contributed by atoms with E-state index in [0.29, 0.717) is 6.42 Å². The minimum atomic E-state index is -4.39. The summed E-state index contributed by atoms with van der Waals surface area (Å²) < 4.78 is 33.1. The number of phosphoric ester groups is 1. The first kappa shape index (κ1) is 75.8.